The maximum absolute atomic E-state index is 13.3. The Labute approximate surface area is 115 Å². The zero-order chi connectivity index (χ0) is 14.8. The summed E-state index contributed by atoms with van der Waals surface area (Å²) in [6.45, 7) is 0.586. The SMILES string of the molecule is C[C@H](NC(=O)N1CC(F)(F)CC1CO)c1ccccn1. The molecule has 5 nitrogen and oxygen atoms in total. The van der Waals surface area contributed by atoms with E-state index in [1.807, 2.05) is 0 Å². The van der Waals surface area contributed by atoms with Crippen LogP contribution < -0.4 is 5.32 Å². The molecule has 2 heterocycles. The van der Waals surface area contributed by atoms with Crippen LogP contribution in [0, 0.1) is 0 Å². The summed E-state index contributed by atoms with van der Waals surface area (Å²) in [7, 11) is 0. The third-order valence-corrected chi connectivity index (χ3v) is 3.32. The van der Waals surface area contributed by atoms with Crippen LogP contribution in [0.3, 0.4) is 0 Å². The van der Waals surface area contributed by atoms with Gasteiger partial charge in [0.15, 0.2) is 0 Å². The van der Waals surface area contributed by atoms with E-state index in [2.05, 4.69) is 10.3 Å². The third kappa shape index (κ3) is 3.22. The molecule has 1 aliphatic rings. The fraction of sp³-hybridized carbons (Fsp3) is 0.538. The van der Waals surface area contributed by atoms with Gasteiger partial charge in [0.05, 0.1) is 30.9 Å². The number of aromatic nitrogens is 1. The highest BCUT2D eigenvalue weighted by molar-refractivity contribution is 5.75. The summed E-state index contributed by atoms with van der Waals surface area (Å²) in [6.07, 6.45) is 1.09. The van der Waals surface area contributed by atoms with Crippen LogP contribution in [0.1, 0.15) is 25.1 Å². The van der Waals surface area contributed by atoms with E-state index in [1.165, 1.54) is 0 Å². The maximum atomic E-state index is 13.3. The van der Waals surface area contributed by atoms with Gasteiger partial charge in [-0.15, -0.1) is 0 Å². The van der Waals surface area contributed by atoms with Crippen molar-refractivity contribution >= 4 is 6.03 Å². The molecule has 2 rings (SSSR count). The highest BCUT2D eigenvalue weighted by Crippen LogP contribution is 2.31. The summed E-state index contributed by atoms with van der Waals surface area (Å²) in [6, 6.07) is 3.43. The number of alkyl halides is 2. The topological polar surface area (TPSA) is 65.5 Å². The molecule has 1 saturated heterocycles. The van der Waals surface area contributed by atoms with E-state index in [1.54, 1.807) is 31.3 Å². The van der Waals surface area contributed by atoms with Crippen LogP contribution in [0.2, 0.25) is 0 Å². The summed E-state index contributed by atoms with van der Waals surface area (Å²) < 4.78 is 26.6. The minimum atomic E-state index is -2.95. The number of likely N-dealkylation sites (tertiary alicyclic amines) is 1. The molecule has 20 heavy (non-hydrogen) atoms. The quantitative estimate of drug-likeness (QED) is 0.885. The lowest BCUT2D eigenvalue weighted by Crippen LogP contribution is -2.45. The molecule has 2 amide bonds. The molecule has 0 radical (unpaired) electrons. The predicted octanol–water partition coefficient (Wildman–Crippen LogP) is 1.55. The van der Waals surface area contributed by atoms with Gasteiger partial charge in [-0.2, -0.15) is 0 Å². The van der Waals surface area contributed by atoms with Gasteiger partial charge in [-0.1, -0.05) is 6.07 Å². The molecule has 1 unspecified atom stereocenters. The zero-order valence-electron chi connectivity index (χ0n) is 11.1. The molecule has 0 aliphatic carbocycles. The molecule has 110 valence electrons. The first-order valence-electron chi connectivity index (χ1n) is 6.40. The highest BCUT2D eigenvalue weighted by Gasteiger charge is 2.46. The van der Waals surface area contributed by atoms with Crippen molar-refractivity contribution in [1.29, 1.82) is 0 Å². The van der Waals surface area contributed by atoms with E-state index in [9.17, 15) is 13.6 Å². The van der Waals surface area contributed by atoms with Crippen molar-refractivity contribution in [1.82, 2.24) is 15.2 Å². The van der Waals surface area contributed by atoms with Crippen LogP contribution in [-0.2, 0) is 0 Å². The van der Waals surface area contributed by atoms with Crippen molar-refractivity contribution in [3.8, 4) is 0 Å². The van der Waals surface area contributed by atoms with E-state index in [-0.39, 0.29) is 0 Å². The van der Waals surface area contributed by atoms with Crippen LogP contribution >= 0.6 is 0 Å². The van der Waals surface area contributed by atoms with Crippen molar-refractivity contribution in [2.75, 3.05) is 13.2 Å². The van der Waals surface area contributed by atoms with Gasteiger partial charge in [0.1, 0.15) is 0 Å². The minimum absolute atomic E-state index is 0.391. The van der Waals surface area contributed by atoms with Crippen LogP contribution in [0.15, 0.2) is 24.4 Å². The fourth-order valence-electron chi connectivity index (χ4n) is 2.27. The Bertz CT molecular complexity index is 470. The van der Waals surface area contributed by atoms with Gasteiger partial charge in [0.2, 0.25) is 0 Å². The molecule has 2 N–H and O–H groups in total. The highest BCUT2D eigenvalue weighted by atomic mass is 19.3. The van der Waals surface area contributed by atoms with Crippen LogP contribution in [0.25, 0.3) is 0 Å². The molecule has 1 aromatic rings. The van der Waals surface area contributed by atoms with Crippen molar-refractivity contribution in [2.45, 2.75) is 31.4 Å². The number of urea groups is 1. The number of nitrogens with one attached hydrogen (secondary N) is 1. The fourth-order valence-corrected chi connectivity index (χ4v) is 2.27. The van der Waals surface area contributed by atoms with Gasteiger partial charge < -0.3 is 15.3 Å². The lowest BCUT2D eigenvalue weighted by Gasteiger charge is -2.24. The van der Waals surface area contributed by atoms with Gasteiger partial charge in [-0.25, -0.2) is 13.6 Å². The number of halogens is 2. The average molecular weight is 285 g/mol. The Kier molecular flexibility index (Phi) is 4.17. The molecule has 1 aromatic heterocycles. The number of aliphatic hydroxyl groups is 1. The Hall–Kier alpha value is -1.76. The largest absolute Gasteiger partial charge is 0.394 e. The molecule has 1 aliphatic heterocycles. The molecule has 0 bridgehead atoms. The van der Waals surface area contributed by atoms with E-state index >= 15 is 0 Å². The number of pyridine rings is 1. The molecular formula is C13H17F2N3O2. The summed E-state index contributed by atoms with van der Waals surface area (Å²) in [4.78, 5) is 17.1. The number of hydrogen-bond donors (Lipinski definition) is 2. The number of hydrogen-bond acceptors (Lipinski definition) is 3. The summed E-state index contributed by atoms with van der Waals surface area (Å²) in [5.41, 5.74) is 0.646. The molecule has 1 fully saturated rings. The Morgan fingerprint density at radius 1 is 1.65 bits per heavy atom. The lowest BCUT2D eigenvalue weighted by molar-refractivity contribution is 0.0141. The predicted molar refractivity (Wildman–Crippen MR) is 68.3 cm³/mol. The smallest absolute Gasteiger partial charge is 0.318 e. The number of carbonyl (C=O) groups excluding carboxylic acids is 1. The molecule has 0 spiro atoms. The third-order valence-electron chi connectivity index (χ3n) is 3.32. The van der Waals surface area contributed by atoms with E-state index in [4.69, 9.17) is 5.11 Å². The van der Waals surface area contributed by atoms with Crippen LogP contribution in [0.4, 0.5) is 13.6 Å². The summed E-state index contributed by atoms with van der Waals surface area (Å²) >= 11 is 0. The minimum Gasteiger partial charge on any atom is -0.394 e. The number of carbonyl (C=O) groups is 1. The number of amides is 2. The maximum Gasteiger partial charge on any atom is 0.318 e. The first-order valence-corrected chi connectivity index (χ1v) is 6.40. The van der Waals surface area contributed by atoms with Crippen molar-refractivity contribution in [3.63, 3.8) is 0 Å². The molecule has 0 aromatic carbocycles. The first kappa shape index (κ1) is 14.6. The Morgan fingerprint density at radius 3 is 3.00 bits per heavy atom. The van der Waals surface area contributed by atoms with E-state index in [0.29, 0.717) is 5.69 Å². The van der Waals surface area contributed by atoms with Crippen molar-refractivity contribution in [3.05, 3.63) is 30.1 Å². The van der Waals surface area contributed by atoms with Gasteiger partial charge in [-0.05, 0) is 19.1 Å². The normalized spacial score (nSPS) is 22.6. The zero-order valence-corrected chi connectivity index (χ0v) is 11.1. The molecular weight excluding hydrogens is 268 g/mol. The second kappa shape index (κ2) is 5.70. The van der Waals surface area contributed by atoms with Crippen LogP contribution in [-0.4, -0.2) is 46.1 Å². The average Bonchev–Trinajstić information content (AvgIpc) is 2.75. The second-order valence-electron chi connectivity index (χ2n) is 4.95. The van der Waals surface area contributed by atoms with Gasteiger partial charge in [0, 0.05) is 12.6 Å². The first-order chi connectivity index (χ1) is 9.43. The van der Waals surface area contributed by atoms with E-state index < -0.39 is 43.6 Å². The number of aliphatic hydroxyl groups excluding tert-OH is 1. The number of nitrogens with zero attached hydrogens (tertiary/aromatic N) is 2. The standard InChI is InChI=1S/C13H17F2N3O2/c1-9(11-4-2-3-5-16-11)17-12(20)18-8-13(14,15)6-10(18)7-19/h2-5,9-10,19H,6-8H2,1H3,(H,17,20)/t9-,10?/m0/s1. The summed E-state index contributed by atoms with van der Waals surface area (Å²) in [5.74, 6) is -2.95. The Morgan fingerprint density at radius 2 is 2.40 bits per heavy atom. The Balaban J connectivity index is 2.01. The van der Waals surface area contributed by atoms with Gasteiger partial charge >= 0.3 is 6.03 Å². The molecule has 0 saturated carbocycles. The van der Waals surface area contributed by atoms with Gasteiger partial charge in [0.25, 0.3) is 5.92 Å². The van der Waals surface area contributed by atoms with Crippen molar-refractivity contribution < 1.29 is 18.7 Å². The molecule has 2 atom stereocenters. The van der Waals surface area contributed by atoms with Crippen LogP contribution in [0.5, 0.6) is 0 Å². The summed E-state index contributed by atoms with van der Waals surface area (Å²) in [5, 5.41) is 11.7. The van der Waals surface area contributed by atoms with Crippen molar-refractivity contribution in [2.24, 2.45) is 0 Å². The van der Waals surface area contributed by atoms with E-state index in [0.717, 1.165) is 4.90 Å². The number of rotatable bonds is 3. The molecule has 7 heteroatoms. The van der Waals surface area contributed by atoms with Gasteiger partial charge in [-0.3, -0.25) is 4.98 Å². The second-order valence-corrected chi connectivity index (χ2v) is 4.95. The monoisotopic (exact) mass is 285 g/mol. The lowest BCUT2D eigenvalue weighted by atomic mass is 10.2.